The van der Waals surface area contributed by atoms with Gasteiger partial charge in [-0.25, -0.2) is 4.99 Å². The number of aliphatic imine (C=N–C) groups is 1. The van der Waals surface area contributed by atoms with Crippen molar-refractivity contribution in [3.8, 4) is 6.19 Å². The number of nitriles is 1. The Morgan fingerprint density at radius 2 is 2.03 bits per heavy atom. The first-order valence-electron chi connectivity index (χ1n) is 8.94. The summed E-state index contributed by atoms with van der Waals surface area (Å²) in [4.78, 5) is 25.9. The minimum atomic E-state index is -0.668. The van der Waals surface area contributed by atoms with E-state index >= 15 is 0 Å². The van der Waals surface area contributed by atoms with Crippen molar-refractivity contribution in [1.82, 2.24) is 15.6 Å². The summed E-state index contributed by atoms with van der Waals surface area (Å²) in [6, 6.07) is 8.19. The van der Waals surface area contributed by atoms with E-state index in [0.29, 0.717) is 21.2 Å². The van der Waals surface area contributed by atoms with Crippen LogP contribution in [-0.2, 0) is 9.32 Å². The number of pyridine rings is 1. The van der Waals surface area contributed by atoms with Gasteiger partial charge < -0.3 is 10.6 Å². The predicted molar refractivity (Wildman–Crippen MR) is 118 cm³/mol. The zero-order valence-corrected chi connectivity index (χ0v) is 18.6. The van der Waals surface area contributed by atoms with Gasteiger partial charge in [-0.1, -0.05) is 32.4 Å². The highest BCUT2D eigenvalue weighted by Gasteiger charge is 2.27. The highest BCUT2D eigenvalue weighted by atomic mass is 35.5. The van der Waals surface area contributed by atoms with Crippen LogP contribution in [0, 0.1) is 16.9 Å². The number of guanidine groups is 1. The Bertz CT molecular complexity index is 958. The Balaban J connectivity index is 2.24. The molecular weight excluding hydrogens is 442 g/mol. The number of aromatic nitrogens is 1. The average molecular weight is 464 g/mol. The first kappa shape index (κ1) is 24.4. The molecule has 1 unspecified atom stereocenters. The number of halogens is 1. The fourth-order valence-corrected chi connectivity index (χ4v) is 2.78. The maximum absolute atomic E-state index is 12.7. The summed E-state index contributed by atoms with van der Waals surface area (Å²) in [7, 11) is 0. The van der Waals surface area contributed by atoms with E-state index in [-0.39, 0.29) is 11.9 Å². The number of hydrogen-bond acceptors (Lipinski definition) is 8. The summed E-state index contributed by atoms with van der Waals surface area (Å²) in [5.74, 6) is 4.63. The monoisotopic (exact) mass is 463 g/mol. The molecule has 164 valence electrons. The van der Waals surface area contributed by atoms with E-state index in [9.17, 15) is 4.79 Å². The largest absolute Gasteiger partial charge is 0.330 e. The Kier molecular flexibility index (Phi) is 9.04. The lowest BCUT2D eigenvalue weighted by Crippen LogP contribution is -2.44. The van der Waals surface area contributed by atoms with Gasteiger partial charge in [-0.3, -0.25) is 15.1 Å². The van der Waals surface area contributed by atoms with Gasteiger partial charge in [0.05, 0.1) is 28.8 Å². The van der Waals surface area contributed by atoms with Crippen LogP contribution in [0.2, 0.25) is 5.02 Å². The minimum absolute atomic E-state index is 0.124. The average Bonchev–Trinajstić information content (AvgIpc) is 2.72. The van der Waals surface area contributed by atoms with Gasteiger partial charge >= 0.3 is 0 Å². The van der Waals surface area contributed by atoms with Crippen molar-refractivity contribution in [2.75, 3.05) is 5.32 Å². The van der Waals surface area contributed by atoms with Crippen LogP contribution in [0.4, 0.5) is 5.69 Å². The van der Waals surface area contributed by atoms with Gasteiger partial charge in [0.2, 0.25) is 5.96 Å². The van der Waals surface area contributed by atoms with Crippen molar-refractivity contribution in [2.45, 2.75) is 31.8 Å². The van der Waals surface area contributed by atoms with Crippen LogP contribution in [0.15, 0.2) is 52.6 Å². The number of benzene rings is 1. The Morgan fingerprint density at radius 1 is 1.32 bits per heavy atom. The Labute approximate surface area is 189 Å². The van der Waals surface area contributed by atoms with Gasteiger partial charge in [0, 0.05) is 22.2 Å². The van der Waals surface area contributed by atoms with E-state index in [1.54, 1.807) is 30.3 Å². The standard InChI is InChI=1S/C19H22ClN7O3S/c1-19(2,3)17(26-16(28)12-4-6-13(20)7-5-12)27-18(24-11-21)25-14-8-15(10-23-9-14)31-30-29-22/h4-10,17H,22H2,1-3H3,(H,26,28)(H2,24,25,27). The number of carbonyl (C=O) groups is 1. The topological polar surface area (TPSA) is 147 Å². The number of hydrogen-bond donors (Lipinski definition) is 4. The minimum Gasteiger partial charge on any atom is -0.330 e. The first-order valence-corrected chi connectivity index (χ1v) is 10.1. The molecule has 0 saturated carbocycles. The van der Waals surface area contributed by atoms with Gasteiger partial charge in [0.1, 0.15) is 6.17 Å². The molecule has 0 bridgehead atoms. The first-order chi connectivity index (χ1) is 14.7. The second kappa shape index (κ2) is 11.5. The lowest BCUT2D eigenvalue weighted by molar-refractivity contribution is -0.195. The zero-order valence-electron chi connectivity index (χ0n) is 17.0. The number of nitrogens with one attached hydrogen (secondary N) is 3. The molecule has 0 spiro atoms. The van der Waals surface area contributed by atoms with Crippen LogP contribution in [0.25, 0.3) is 0 Å². The lowest BCUT2D eigenvalue weighted by Gasteiger charge is -2.29. The van der Waals surface area contributed by atoms with Crippen LogP contribution in [0.3, 0.4) is 0 Å². The van der Waals surface area contributed by atoms with Crippen molar-refractivity contribution in [3.63, 3.8) is 0 Å². The van der Waals surface area contributed by atoms with Crippen LogP contribution < -0.4 is 21.8 Å². The summed E-state index contributed by atoms with van der Waals surface area (Å²) in [5.41, 5.74) is 0.491. The molecule has 0 aliphatic heterocycles. The van der Waals surface area contributed by atoms with Crippen molar-refractivity contribution in [1.29, 1.82) is 5.26 Å². The molecule has 10 nitrogen and oxygen atoms in total. The molecule has 0 fully saturated rings. The van der Waals surface area contributed by atoms with E-state index in [1.807, 2.05) is 27.0 Å². The summed E-state index contributed by atoms with van der Waals surface area (Å²) in [6.07, 6.45) is 4.22. The number of rotatable bonds is 7. The van der Waals surface area contributed by atoms with E-state index < -0.39 is 11.6 Å². The molecule has 0 radical (unpaired) electrons. The van der Waals surface area contributed by atoms with Crippen LogP contribution >= 0.6 is 23.6 Å². The molecule has 1 aromatic carbocycles. The number of anilines is 1. The number of nitrogens with two attached hydrogens (primary N) is 1. The number of nitrogens with zero attached hydrogens (tertiary/aromatic N) is 3. The second-order valence-corrected chi connectivity index (χ2v) is 8.46. The quantitative estimate of drug-likeness (QED) is 0.0923. The molecule has 31 heavy (non-hydrogen) atoms. The molecule has 0 saturated heterocycles. The van der Waals surface area contributed by atoms with Crippen molar-refractivity contribution >= 4 is 41.2 Å². The van der Waals surface area contributed by atoms with Crippen molar-refractivity contribution < 1.29 is 14.1 Å². The molecule has 2 rings (SSSR count). The highest BCUT2D eigenvalue weighted by molar-refractivity contribution is 7.94. The van der Waals surface area contributed by atoms with Crippen molar-refractivity contribution in [2.24, 2.45) is 16.3 Å². The summed E-state index contributed by atoms with van der Waals surface area (Å²) >= 11 is 6.74. The van der Waals surface area contributed by atoms with E-state index in [0.717, 1.165) is 12.0 Å². The van der Waals surface area contributed by atoms with Crippen LogP contribution in [-0.4, -0.2) is 23.0 Å². The molecule has 1 amide bonds. The molecule has 1 aromatic heterocycles. The summed E-state index contributed by atoms with van der Waals surface area (Å²) in [6.45, 7) is 5.74. The predicted octanol–water partition coefficient (Wildman–Crippen LogP) is 3.20. The highest BCUT2D eigenvalue weighted by Crippen LogP contribution is 2.23. The zero-order chi connectivity index (χ0) is 22.9. The smallest absolute Gasteiger partial charge is 0.252 e. The third kappa shape index (κ3) is 8.05. The fourth-order valence-electron chi connectivity index (χ4n) is 2.26. The van der Waals surface area contributed by atoms with E-state index in [4.69, 9.17) is 22.8 Å². The maximum atomic E-state index is 12.7. The van der Waals surface area contributed by atoms with Crippen molar-refractivity contribution in [3.05, 3.63) is 53.3 Å². The third-order valence-electron chi connectivity index (χ3n) is 3.77. The SMILES string of the molecule is CC(C)(C)C(N=C(NC#N)Nc1cncc(SOON)c1)NC(=O)c1ccc(Cl)cc1. The van der Waals surface area contributed by atoms with Crippen LogP contribution in [0.1, 0.15) is 31.1 Å². The molecular formula is C19H22ClN7O3S. The molecule has 1 atom stereocenters. The molecule has 2 aromatic rings. The molecule has 5 N–H and O–H groups in total. The second-order valence-electron chi connectivity index (χ2n) is 7.25. The van der Waals surface area contributed by atoms with E-state index in [2.05, 4.69) is 35.2 Å². The van der Waals surface area contributed by atoms with Crippen LogP contribution in [0.5, 0.6) is 0 Å². The van der Waals surface area contributed by atoms with Gasteiger partial charge in [0.15, 0.2) is 6.19 Å². The Hall–Kier alpha value is -2.88. The number of amides is 1. The lowest BCUT2D eigenvalue weighted by atomic mass is 9.92. The fraction of sp³-hybridized carbons (Fsp3) is 0.263. The van der Waals surface area contributed by atoms with Gasteiger partial charge in [0.25, 0.3) is 5.91 Å². The van der Waals surface area contributed by atoms with Gasteiger partial charge in [-0.15, -0.1) is 9.32 Å². The van der Waals surface area contributed by atoms with Gasteiger partial charge in [-0.05, 0) is 30.3 Å². The Morgan fingerprint density at radius 3 is 2.65 bits per heavy atom. The van der Waals surface area contributed by atoms with E-state index in [1.165, 1.54) is 12.4 Å². The molecule has 0 aliphatic carbocycles. The molecule has 1 heterocycles. The summed E-state index contributed by atoms with van der Waals surface area (Å²) in [5, 5.41) is 18.0. The van der Waals surface area contributed by atoms with Gasteiger partial charge in [-0.2, -0.15) is 11.2 Å². The summed E-state index contributed by atoms with van der Waals surface area (Å²) < 4.78 is 4.60. The third-order valence-corrected chi connectivity index (χ3v) is 4.59. The normalized spacial score (nSPS) is 12.6. The molecule has 12 heteroatoms. The maximum Gasteiger partial charge on any atom is 0.252 e. The molecule has 0 aliphatic rings. The number of carbonyl (C=O) groups excluding carboxylic acids is 1.